The summed E-state index contributed by atoms with van der Waals surface area (Å²) >= 11 is 6.18. The average Bonchev–Trinajstić information content (AvgIpc) is 2.79. The monoisotopic (exact) mass is 370 g/mol. The van der Waals surface area contributed by atoms with Gasteiger partial charge in [-0.1, -0.05) is 55.8 Å². The third-order valence-electron chi connectivity index (χ3n) is 5.63. The Balaban J connectivity index is 1.88. The summed E-state index contributed by atoms with van der Waals surface area (Å²) in [5, 5.41) is 3.52. The van der Waals surface area contributed by atoms with Gasteiger partial charge >= 0.3 is 0 Å². The third kappa shape index (κ3) is 2.28. The number of hydrogen-bond acceptors (Lipinski definition) is 2. The highest BCUT2D eigenvalue weighted by Gasteiger charge is 2.57. The molecule has 0 bridgehead atoms. The van der Waals surface area contributed by atoms with Gasteiger partial charge in [0.1, 0.15) is 11.5 Å². The smallest absolute Gasteiger partial charge is 0.223 e. The molecule has 1 fully saturated rings. The number of benzene rings is 2. The molecule has 1 saturated heterocycles. The molecule has 2 heterocycles. The Labute approximate surface area is 157 Å². The fourth-order valence-electron chi connectivity index (χ4n) is 4.19. The van der Waals surface area contributed by atoms with Crippen LogP contribution in [0.2, 0.25) is 5.02 Å². The number of halogens is 2. The highest BCUT2D eigenvalue weighted by molar-refractivity contribution is 6.32. The summed E-state index contributed by atoms with van der Waals surface area (Å²) in [6.45, 7) is 4.82. The first-order valence-corrected chi connectivity index (χ1v) is 9.06. The van der Waals surface area contributed by atoms with E-state index in [1.807, 2.05) is 18.2 Å². The number of para-hydroxylation sites is 1. The van der Waals surface area contributed by atoms with E-state index in [-0.39, 0.29) is 11.7 Å². The number of carbonyl (C=O) groups is 1. The minimum absolute atomic E-state index is 0.00795. The highest BCUT2D eigenvalue weighted by atomic mass is 35.5. The van der Waals surface area contributed by atoms with Gasteiger partial charge in [0, 0.05) is 29.6 Å². The fraction of sp³-hybridized carbons (Fsp3) is 0.286. The summed E-state index contributed by atoms with van der Waals surface area (Å²) in [6, 6.07) is 12.8. The molecule has 2 aliphatic heterocycles. The van der Waals surface area contributed by atoms with Crippen molar-refractivity contribution >= 4 is 29.3 Å². The van der Waals surface area contributed by atoms with Crippen molar-refractivity contribution in [3.8, 4) is 0 Å². The van der Waals surface area contributed by atoms with E-state index in [2.05, 4.69) is 36.2 Å². The van der Waals surface area contributed by atoms with E-state index >= 15 is 0 Å². The lowest BCUT2D eigenvalue weighted by Crippen LogP contribution is -2.68. The molecule has 0 spiro atoms. The maximum absolute atomic E-state index is 14.2. The molecule has 1 N–H and O–H groups in total. The first-order valence-electron chi connectivity index (χ1n) is 8.68. The Bertz CT molecular complexity index is 904. The summed E-state index contributed by atoms with van der Waals surface area (Å²) in [4.78, 5) is 14.5. The van der Waals surface area contributed by atoms with E-state index in [0.717, 1.165) is 11.3 Å². The van der Waals surface area contributed by atoms with Crippen LogP contribution in [-0.2, 0) is 10.2 Å². The van der Waals surface area contributed by atoms with Crippen molar-refractivity contribution in [2.45, 2.75) is 31.3 Å². The zero-order chi connectivity index (χ0) is 18.5. The zero-order valence-corrected chi connectivity index (χ0v) is 15.5. The van der Waals surface area contributed by atoms with Crippen LogP contribution >= 0.6 is 11.6 Å². The molecule has 0 aromatic heterocycles. The standard InChI is InChI=1S/C21H20ClFN2O/c1-20(2)15-6-3-4-9-18(15)25-13-11-19(26)24-21(20,25)12-10-14-16(22)7-5-8-17(14)23/h3-10,12H,11,13H2,1-2H3,(H,24,26)/b12-10+/t21-/m1/s1. The van der Waals surface area contributed by atoms with Crippen molar-refractivity contribution in [3.63, 3.8) is 0 Å². The van der Waals surface area contributed by atoms with Crippen LogP contribution in [0.5, 0.6) is 0 Å². The number of carbonyl (C=O) groups excluding carboxylic acids is 1. The third-order valence-corrected chi connectivity index (χ3v) is 5.96. The molecular formula is C21H20ClFN2O. The molecule has 3 nitrogen and oxygen atoms in total. The number of anilines is 1. The van der Waals surface area contributed by atoms with Gasteiger partial charge in [0.15, 0.2) is 0 Å². The van der Waals surface area contributed by atoms with E-state index in [0.29, 0.717) is 23.6 Å². The molecular weight excluding hydrogens is 351 g/mol. The molecule has 1 amide bonds. The van der Waals surface area contributed by atoms with Crippen LogP contribution in [0.3, 0.4) is 0 Å². The number of rotatable bonds is 2. The van der Waals surface area contributed by atoms with Crippen molar-refractivity contribution in [2.75, 3.05) is 11.4 Å². The second-order valence-electron chi connectivity index (χ2n) is 7.33. The SMILES string of the molecule is CC1(C)c2ccccc2N2CCC(=O)N[C@]21/C=C/c1c(F)cccc1Cl. The molecule has 0 radical (unpaired) electrons. The van der Waals surface area contributed by atoms with Crippen LogP contribution in [0.15, 0.2) is 48.5 Å². The number of hydrogen-bond donors (Lipinski definition) is 1. The van der Waals surface area contributed by atoms with Crippen LogP contribution in [-0.4, -0.2) is 18.1 Å². The minimum Gasteiger partial charge on any atom is -0.344 e. The molecule has 26 heavy (non-hydrogen) atoms. The van der Waals surface area contributed by atoms with E-state index in [1.54, 1.807) is 18.2 Å². The second-order valence-corrected chi connectivity index (χ2v) is 7.73. The van der Waals surface area contributed by atoms with Gasteiger partial charge in [-0.15, -0.1) is 0 Å². The van der Waals surface area contributed by atoms with Gasteiger partial charge in [-0.2, -0.15) is 0 Å². The quantitative estimate of drug-likeness (QED) is 0.843. The Morgan fingerprint density at radius 3 is 2.73 bits per heavy atom. The molecule has 134 valence electrons. The molecule has 5 heteroatoms. The van der Waals surface area contributed by atoms with E-state index in [9.17, 15) is 9.18 Å². The maximum Gasteiger partial charge on any atom is 0.223 e. The number of fused-ring (bicyclic) bond motifs is 3. The van der Waals surface area contributed by atoms with Crippen LogP contribution in [0, 0.1) is 5.82 Å². The lowest BCUT2D eigenvalue weighted by molar-refractivity contribution is -0.124. The van der Waals surface area contributed by atoms with Gasteiger partial charge < -0.3 is 10.2 Å². The average molecular weight is 371 g/mol. The van der Waals surface area contributed by atoms with Crippen molar-refractivity contribution in [3.05, 3.63) is 70.5 Å². The molecule has 0 aliphatic carbocycles. The van der Waals surface area contributed by atoms with Crippen molar-refractivity contribution in [1.82, 2.24) is 5.32 Å². The lowest BCUT2D eigenvalue weighted by atomic mass is 9.74. The van der Waals surface area contributed by atoms with Gasteiger partial charge in [0.05, 0.1) is 5.02 Å². The summed E-state index contributed by atoms with van der Waals surface area (Å²) in [6.07, 6.45) is 4.00. The molecule has 2 aliphatic rings. The largest absolute Gasteiger partial charge is 0.344 e. The summed E-state index contributed by atoms with van der Waals surface area (Å²) in [5.74, 6) is -0.390. The number of amides is 1. The van der Waals surface area contributed by atoms with Gasteiger partial charge in [0.2, 0.25) is 5.91 Å². The highest BCUT2D eigenvalue weighted by Crippen LogP contribution is 2.52. The Kier molecular flexibility index (Phi) is 3.85. The Morgan fingerprint density at radius 2 is 1.96 bits per heavy atom. The molecule has 4 rings (SSSR count). The molecule has 2 aromatic carbocycles. The number of nitrogens with one attached hydrogen (secondary N) is 1. The first kappa shape index (κ1) is 17.1. The molecule has 2 aromatic rings. The van der Waals surface area contributed by atoms with Crippen molar-refractivity contribution in [2.24, 2.45) is 0 Å². The van der Waals surface area contributed by atoms with Gasteiger partial charge in [0.25, 0.3) is 0 Å². The van der Waals surface area contributed by atoms with Crippen LogP contribution in [0.25, 0.3) is 6.08 Å². The van der Waals surface area contributed by atoms with E-state index in [1.165, 1.54) is 6.07 Å². The van der Waals surface area contributed by atoms with Gasteiger partial charge in [-0.05, 0) is 29.8 Å². The predicted molar refractivity (Wildman–Crippen MR) is 103 cm³/mol. The lowest BCUT2D eigenvalue weighted by Gasteiger charge is -2.49. The molecule has 0 unspecified atom stereocenters. The van der Waals surface area contributed by atoms with Gasteiger partial charge in [-0.3, -0.25) is 4.79 Å². The Hall–Kier alpha value is -2.33. The van der Waals surface area contributed by atoms with Crippen LogP contribution in [0.4, 0.5) is 10.1 Å². The van der Waals surface area contributed by atoms with Crippen LogP contribution < -0.4 is 10.2 Å². The normalized spacial score (nSPS) is 23.7. The summed E-state index contributed by atoms with van der Waals surface area (Å²) in [5.41, 5.74) is 1.43. The Morgan fingerprint density at radius 1 is 1.19 bits per heavy atom. The fourth-order valence-corrected chi connectivity index (χ4v) is 4.42. The van der Waals surface area contributed by atoms with Gasteiger partial charge in [-0.25, -0.2) is 4.39 Å². The zero-order valence-electron chi connectivity index (χ0n) is 14.7. The second kappa shape index (κ2) is 5.85. The number of nitrogens with zero attached hydrogens (tertiary/aromatic N) is 1. The van der Waals surface area contributed by atoms with Crippen molar-refractivity contribution in [1.29, 1.82) is 0 Å². The van der Waals surface area contributed by atoms with Crippen LogP contribution in [0.1, 0.15) is 31.4 Å². The molecule has 0 saturated carbocycles. The van der Waals surface area contributed by atoms with E-state index < -0.39 is 11.1 Å². The molecule has 1 atom stereocenters. The first-order chi connectivity index (χ1) is 12.4. The summed E-state index contributed by atoms with van der Waals surface area (Å²) < 4.78 is 14.2. The predicted octanol–water partition coefficient (Wildman–Crippen LogP) is 4.51. The van der Waals surface area contributed by atoms with E-state index in [4.69, 9.17) is 11.6 Å². The topological polar surface area (TPSA) is 32.3 Å². The van der Waals surface area contributed by atoms with Crippen molar-refractivity contribution < 1.29 is 9.18 Å². The maximum atomic E-state index is 14.2. The minimum atomic E-state index is -0.766. The summed E-state index contributed by atoms with van der Waals surface area (Å²) in [7, 11) is 0.